The number of morpholine rings is 1. The molecule has 1 fully saturated rings. The van der Waals surface area contributed by atoms with E-state index in [1.165, 1.54) is 28.7 Å². The quantitative estimate of drug-likeness (QED) is 0.596. The lowest BCUT2D eigenvalue weighted by Gasteiger charge is -2.40. The molecule has 0 N–H and O–H groups in total. The van der Waals surface area contributed by atoms with Gasteiger partial charge in [0.2, 0.25) is 0 Å². The summed E-state index contributed by atoms with van der Waals surface area (Å²) >= 11 is 0. The fraction of sp³-hybridized carbons (Fsp3) is 0.556. The molecule has 162 valence electrons. The van der Waals surface area contributed by atoms with Crippen molar-refractivity contribution in [3.63, 3.8) is 0 Å². The molecule has 0 aliphatic carbocycles. The number of fused-ring (bicyclic) bond motifs is 3. The summed E-state index contributed by atoms with van der Waals surface area (Å²) in [6, 6.07) is 16.0. The molecule has 2 unspecified atom stereocenters. The Morgan fingerprint density at radius 1 is 1.03 bits per heavy atom. The Morgan fingerprint density at radius 3 is 2.63 bits per heavy atom. The summed E-state index contributed by atoms with van der Waals surface area (Å²) in [6.07, 6.45) is 5.65. The maximum atomic E-state index is 6.40. The van der Waals surface area contributed by atoms with Gasteiger partial charge in [0, 0.05) is 24.7 Å². The molecule has 2 atom stereocenters. The normalized spacial score (nSPS) is 21.6. The zero-order valence-corrected chi connectivity index (χ0v) is 18.9. The third kappa shape index (κ3) is 4.90. The van der Waals surface area contributed by atoms with Crippen molar-refractivity contribution >= 4 is 0 Å². The maximum absolute atomic E-state index is 6.40. The van der Waals surface area contributed by atoms with Crippen LogP contribution in [0.2, 0.25) is 0 Å². The highest BCUT2D eigenvalue weighted by Crippen LogP contribution is 2.40. The second kappa shape index (κ2) is 9.98. The lowest BCUT2D eigenvalue weighted by molar-refractivity contribution is -0.0739. The third-order valence-electron chi connectivity index (χ3n) is 6.48. The van der Waals surface area contributed by atoms with E-state index >= 15 is 0 Å². The molecule has 0 bridgehead atoms. The van der Waals surface area contributed by atoms with Crippen molar-refractivity contribution in [1.29, 1.82) is 0 Å². The fourth-order valence-corrected chi connectivity index (χ4v) is 5.05. The second-order valence-electron chi connectivity index (χ2n) is 9.27. The average molecular weight is 408 g/mol. The van der Waals surface area contributed by atoms with Gasteiger partial charge >= 0.3 is 0 Å². The SMILES string of the molecule is CCCc1cc2c(cc1CC(C)C)OCCC1C2OCCN1CCc1ccccc1. The summed E-state index contributed by atoms with van der Waals surface area (Å²) in [4.78, 5) is 2.64. The van der Waals surface area contributed by atoms with E-state index in [0.29, 0.717) is 12.0 Å². The van der Waals surface area contributed by atoms with Crippen LogP contribution < -0.4 is 4.74 Å². The molecule has 0 amide bonds. The summed E-state index contributed by atoms with van der Waals surface area (Å²) < 4.78 is 12.7. The Morgan fingerprint density at radius 2 is 1.87 bits per heavy atom. The second-order valence-corrected chi connectivity index (χ2v) is 9.27. The van der Waals surface area contributed by atoms with Crippen LogP contribution in [-0.2, 0) is 24.0 Å². The monoisotopic (exact) mass is 407 g/mol. The standard InChI is InChI=1S/C27H37NO2/c1-4-8-22-18-24-26(19-23(22)17-20(2)3)29-15-12-25-27(24)30-16-14-28(25)13-11-21-9-6-5-7-10-21/h5-7,9-10,18-20,25,27H,4,8,11-17H2,1-3H3. The number of hydrogen-bond acceptors (Lipinski definition) is 3. The zero-order valence-electron chi connectivity index (χ0n) is 18.9. The van der Waals surface area contributed by atoms with Crippen LogP contribution in [0, 0.1) is 5.92 Å². The van der Waals surface area contributed by atoms with Gasteiger partial charge in [0.1, 0.15) is 11.9 Å². The van der Waals surface area contributed by atoms with E-state index in [0.717, 1.165) is 57.7 Å². The van der Waals surface area contributed by atoms with Crippen molar-refractivity contribution in [2.75, 3.05) is 26.3 Å². The van der Waals surface area contributed by atoms with Crippen molar-refractivity contribution in [2.45, 2.75) is 65.0 Å². The molecule has 2 aliphatic rings. The smallest absolute Gasteiger partial charge is 0.125 e. The Hall–Kier alpha value is -1.84. The van der Waals surface area contributed by atoms with E-state index in [-0.39, 0.29) is 6.10 Å². The van der Waals surface area contributed by atoms with Crippen molar-refractivity contribution in [2.24, 2.45) is 5.92 Å². The number of ether oxygens (including phenoxy) is 2. The lowest BCUT2D eigenvalue weighted by atomic mass is 9.89. The summed E-state index contributed by atoms with van der Waals surface area (Å²) in [5.74, 6) is 1.71. The minimum atomic E-state index is 0.121. The van der Waals surface area contributed by atoms with Gasteiger partial charge in [-0.25, -0.2) is 0 Å². The molecule has 2 aliphatic heterocycles. The molecule has 2 heterocycles. The Balaban J connectivity index is 1.58. The van der Waals surface area contributed by atoms with Crippen LogP contribution in [0.15, 0.2) is 42.5 Å². The predicted molar refractivity (Wildman–Crippen MR) is 123 cm³/mol. The topological polar surface area (TPSA) is 21.7 Å². The number of hydrogen-bond donors (Lipinski definition) is 0. The molecule has 0 aromatic heterocycles. The molecule has 3 nitrogen and oxygen atoms in total. The zero-order chi connectivity index (χ0) is 20.9. The predicted octanol–water partition coefficient (Wildman–Crippen LogP) is 5.60. The van der Waals surface area contributed by atoms with Gasteiger partial charge in [-0.15, -0.1) is 0 Å². The molecule has 1 saturated heterocycles. The highest BCUT2D eigenvalue weighted by Gasteiger charge is 2.37. The molecule has 2 aromatic carbocycles. The Kier molecular flexibility index (Phi) is 7.12. The molecular weight excluding hydrogens is 370 g/mol. The van der Waals surface area contributed by atoms with E-state index in [4.69, 9.17) is 9.47 Å². The first-order valence-electron chi connectivity index (χ1n) is 11.8. The molecule has 0 saturated carbocycles. The first-order valence-corrected chi connectivity index (χ1v) is 11.8. The van der Waals surface area contributed by atoms with Gasteiger partial charge in [-0.3, -0.25) is 4.90 Å². The van der Waals surface area contributed by atoms with E-state index in [1.807, 2.05) is 0 Å². The Bertz CT molecular complexity index is 817. The first-order chi connectivity index (χ1) is 14.7. The van der Waals surface area contributed by atoms with Crippen LogP contribution in [-0.4, -0.2) is 37.2 Å². The van der Waals surface area contributed by atoms with Crippen LogP contribution in [0.25, 0.3) is 0 Å². The van der Waals surface area contributed by atoms with Crippen molar-refractivity contribution < 1.29 is 9.47 Å². The van der Waals surface area contributed by atoms with Crippen LogP contribution in [0.3, 0.4) is 0 Å². The summed E-state index contributed by atoms with van der Waals surface area (Å²) in [6.45, 7) is 10.5. The van der Waals surface area contributed by atoms with Gasteiger partial charge < -0.3 is 9.47 Å². The van der Waals surface area contributed by atoms with Gasteiger partial charge in [-0.2, -0.15) is 0 Å². The van der Waals surface area contributed by atoms with Gasteiger partial charge in [0.05, 0.1) is 13.2 Å². The van der Waals surface area contributed by atoms with Gasteiger partial charge in [-0.1, -0.05) is 57.5 Å². The van der Waals surface area contributed by atoms with Crippen LogP contribution >= 0.6 is 0 Å². The highest BCUT2D eigenvalue weighted by atomic mass is 16.5. The minimum Gasteiger partial charge on any atom is -0.493 e. The maximum Gasteiger partial charge on any atom is 0.125 e. The lowest BCUT2D eigenvalue weighted by Crippen LogP contribution is -2.48. The summed E-state index contributed by atoms with van der Waals surface area (Å²) in [5, 5.41) is 0. The highest BCUT2D eigenvalue weighted by molar-refractivity contribution is 5.45. The van der Waals surface area contributed by atoms with Crippen molar-refractivity contribution in [3.8, 4) is 5.75 Å². The molecular formula is C27H37NO2. The minimum absolute atomic E-state index is 0.121. The van der Waals surface area contributed by atoms with Gasteiger partial charge in [-0.05, 0) is 60.4 Å². The number of rotatable bonds is 7. The first kappa shape index (κ1) is 21.4. The van der Waals surface area contributed by atoms with Crippen LogP contribution in [0.1, 0.15) is 62.0 Å². The Labute approximate surface area is 182 Å². The van der Waals surface area contributed by atoms with Crippen LogP contribution in [0.5, 0.6) is 5.75 Å². The average Bonchev–Trinajstić information content (AvgIpc) is 2.92. The van der Waals surface area contributed by atoms with Gasteiger partial charge in [0.25, 0.3) is 0 Å². The summed E-state index contributed by atoms with van der Waals surface area (Å²) in [5.41, 5.74) is 5.63. The largest absolute Gasteiger partial charge is 0.493 e. The molecule has 30 heavy (non-hydrogen) atoms. The molecule has 0 radical (unpaired) electrons. The number of benzene rings is 2. The molecule has 2 aromatic rings. The van der Waals surface area contributed by atoms with Crippen molar-refractivity contribution in [1.82, 2.24) is 4.90 Å². The third-order valence-corrected chi connectivity index (χ3v) is 6.48. The van der Waals surface area contributed by atoms with E-state index < -0.39 is 0 Å². The molecule has 4 rings (SSSR count). The summed E-state index contributed by atoms with van der Waals surface area (Å²) in [7, 11) is 0. The van der Waals surface area contributed by atoms with Crippen molar-refractivity contribution in [3.05, 3.63) is 64.7 Å². The number of nitrogens with zero attached hydrogens (tertiary/aromatic N) is 1. The molecule has 0 spiro atoms. The van der Waals surface area contributed by atoms with E-state index in [1.54, 1.807) is 0 Å². The molecule has 3 heteroatoms. The van der Waals surface area contributed by atoms with Gasteiger partial charge in [0.15, 0.2) is 0 Å². The van der Waals surface area contributed by atoms with Crippen LogP contribution in [0.4, 0.5) is 0 Å². The van der Waals surface area contributed by atoms with E-state index in [9.17, 15) is 0 Å². The number of aryl methyl sites for hydroxylation is 1. The van der Waals surface area contributed by atoms with E-state index in [2.05, 4.69) is 68.1 Å². The fourth-order valence-electron chi connectivity index (χ4n) is 5.05.